The Kier molecular flexibility index (Phi) is 2.80. The molecule has 3 heteroatoms. The molecule has 3 nitrogen and oxygen atoms in total. The van der Waals surface area contributed by atoms with Gasteiger partial charge in [-0.2, -0.15) is 0 Å². The summed E-state index contributed by atoms with van der Waals surface area (Å²) in [5.41, 5.74) is 3.59. The number of carbonyl (C=O) groups excluding carboxylic acids is 1. The molecule has 2 aromatic carbocycles. The van der Waals surface area contributed by atoms with Crippen molar-refractivity contribution >= 4 is 22.5 Å². The van der Waals surface area contributed by atoms with Crippen molar-refractivity contribution in [2.24, 2.45) is 0 Å². The van der Waals surface area contributed by atoms with Gasteiger partial charge in [-0.25, -0.2) is 0 Å². The molecule has 1 amide bonds. The summed E-state index contributed by atoms with van der Waals surface area (Å²) in [7, 11) is 0. The number of carbonyl (C=O) groups is 1. The number of anilines is 1. The molecule has 0 aliphatic rings. The Balaban J connectivity index is 1.93. The van der Waals surface area contributed by atoms with Crippen LogP contribution in [0.15, 0.2) is 54.7 Å². The van der Waals surface area contributed by atoms with Crippen LogP contribution >= 0.6 is 0 Å². The Morgan fingerprint density at radius 1 is 1.11 bits per heavy atom. The van der Waals surface area contributed by atoms with Crippen LogP contribution < -0.4 is 5.32 Å². The molecule has 94 valence electrons. The molecule has 3 aromatic rings. The number of nitrogens with one attached hydrogen (secondary N) is 2. The number of hydrogen-bond acceptors (Lipinski definition) is 1. The van der Waals surface area contributed by atoms with Gasteiger partial charge in [0.1, 0.15) is 0 Å². The van der Waals surface area contributed by atoms with E-state index in [0.29, 0.717) is 5.56 Å². The maximum absolute atomic E-state index is 12.2. The zero-order valence-electron chi connectivity index (χ0n) is 10.6. The lowest BCUT2D eigenvalue weighted by Crippen LogP contribution is -2.12. The van der Waals surface area contributed by atoms with Gasteiger partial charge in [0.2, 0.25) is 0 Å². The second-order valence-corrected chi connectivity index (χ2v) is 4.57. The fourth-order valence-corrected chi connectivity index (χ4v) is 2.18. The Morgan fingerprint density at radius 2 is 1.95 bits per heavy atom. The van der Waals surface area contributed by atoms with Crippen LogP contribution in [0, 0.1) is 6.92 Å². The normalized spacial score (nSPS) is 10.6. The molecule has 1 heterocycles. The van der Waals surface area contributed by atoms with Crippen LogP contribution in [0.4, 0.5) is 5.69 Å². The summed E-state index contributed by atoms with van der Waals surface area (Å²) in [6.07, 6.45) is 1.87. The zero-order chi connectivity index (χ0) is 13.2. The summed E-state index contributed by atoms with van der Waals surface area (Å²) in [6.45, 7) is 1.98. The fourth-order valence-electron chi connectivity index (χ4n) is 2.18. The highest BCUT2D eigenvalue weighted by Gasteiger charge is 2.08. The number of aromatic nitrogens is 1. The van der Waals surface area contributed by atoms with Gasteiger partial charge in [-0.05, 0) is 37.3 Å². The Morgan fingerprint density at radius 3 is 2.79 bits per heavy atom. The molecular formula is C16H14N2O. The molecule has 0 aliphatic heterocycles. The molecule has 0 aliphatic carbocycles. The van der Waals surface area contributed by atoms with E-state index in [1.807, 2.05) is 61.7 Å². The Hall–Kier alpha value is -2.55. The third-order valence-corrected chi connectivity index (χ3v) is 3.12. The van der Waals surface area contributed by atoms with E-state index < -0.39 is 0 Å². The molecule has 0 unspecified atom stereocenters. The van der Waals surface area contributed by atoms with Crippen LogP contribution in [0.5, 0.6) is 0 Å². The van der Waals surface area contributed by atoms with Gasteiger partial charge < -0.3 is 10.3 Å². The number of rotatable bonds is 2. The summed E-state index contributed by atoms with van der Waals surface area (Å²) >= 11 is 0. The van der Waals surface area contributed by atoms with E-state index in [-0.39, 0.29) is 5.91 Å². The summed E-state index contributed by atoms with van der Waals surface area (Å²) in [6, 6.07) is 15.3. The molecule has 0 radical (unpaired) electrons. The van der Waals surface area contributed by atoms with Crippen LogP contribution in [-0.4, -0.2) is 10.9 Å². The number of amides is 1. The van der Waals surface area contributed by atoms with Gasteiger partial charge in [-0.1, -0.05) is 23.8 Å². The number of hydrogen-bond donors (Lipinski definition) is 2. The molecule has 1 aromatic heterocycles. The number of aryl methyl sites for hydroxylation is 1. The predicted molar refractivity (Wildman–Crippen MR) is 77.4 cm³/mol. The van der Waals surface area contributed by atoms with Crippen molar-refractivity contribution in [3.05, 3.63) is 65.9 Å². The van der Waals surface area contributed by atoms with Gasteiger partial charge in [0.05, 0.1) is 5.69 Å². The molecule has 0 saturated heterocycles. The lowest BCUT2D eigenvalue weighted by molar-refractivity contribution is 0.102. The summed E-state index contributed by atoms with van der Waals surface area (Å²) in [5, 5.41) is 3.97. The van der Waals surface area contributed by atoms with E-state index in [4.69, 9.17) is 0 Å². The van der Waals surface area contributed by atoms with Crippen molar-refractivity contribution in [2.45, 2.75) is 6.92 Å². The molecule has 0 spiro atoms. The first-order valence-electron chi connectivity index (χ1n) is 6.18. The van der Waals surface area contributed by atoms with Crippen molar-refractivity contribution in [3.8, 4) is 0 Å². The molecule has 2 N–H and O–H groups in total. The number of fused-ring (bicyclic) bond motifs is 1. The van der Waals surface area contributed by atoms with E-state index in [1.165, 1.54) is 0 Å². The second kappa shape index (κ2) is 4.61. The van der Waals surface area contributed by atoms with Crippen molar-refractivity contribution in [3.63, 3.8) is 0 Å². The first-order valence-corrected chi connectivity index (χ1v) is 6.18. The number of benzene rings is 2. The minimum atomic E-state index is -0.0857. The standard InChI is InChI=1S/C16H14N2O/c1-11-4-2-5-12(10-11)16(19)18-15-7-3-6-14-13(15)8-9-17-14/h2-10,17H,1H3,(H,18,19). The first-order chi connectivity index (χ1) is 9.24. The smallest absolute Gasteiger partial charge is 0.255 e. The SMILES string of the molecule is Cc1cccc(C(=O)Nc2cccc3[nH]ccc23)c1. The third-order valence-electron chi connectivity index (χ3n) is 3.12. The van der Waals surface area contributed by atoms with Crippen molar-refractivity contribution in [1.82, 2.24) is 4.98 Å². The summed E-state index contributed by atoms with van der Waals surface area (Å²) < 4.78 is 0. The lowest BCUT2D eigenvalue weighted by atomic mass is 10.1. The summed E-state index contributed by atoms with van der Waals surface area (Å²) in [5.74, 6) is -0.0857. The number of H-pyrrole nitrogens is 1. The quantitative estimate of drug-likeness (QED) is 0.715. The van der Waals surface area contributed by atoms with Gasteiger partial charge in [-0.3, -0.25) is 4.79 Å². The maximum atomic E-state index is 12.2. The first kappa shape index (κ1) is 11.5. The topological polar surface area (TPSA) is 44.9 Å². The zero-order valence-corrected chi connectivity index (χ0v) is 10.6. The molecule has 19 heavy (non-hydrogen) atoms. The van der Waals surface area contributed by atoms with Gasteiger partial charge in [0, 0.05) is 22.7 Å². The minimum Gasteiger partial charge on any atom is -0.361 e. The Bertz CT molecular complexity index is 743. The molecule has 0 bridgehead atoms. The average Bonchev–Trinajstić information content (AvgIpc) is 2.88. The van der Waals surface area contributed by atoms with E-state index in [1.54, 1.807) is 0 Å². The highest BCUT2D eigenvalue weighted by molar-refractivity contribution is 6.08. The van der Waals surface area contributed by atoms with E-state index in [9.17, 15) is 4.79 Å². The van der Waals surface area contributed by atoms with Gasteiger partial charge in [0.25, 0.3) is 5.91 Å². The highest BCUT2D eigenvalue weighted by atomic mass is 16.1. The van der Waals surface area contributed by atoms with Crippen LogP contribution in [-0.2, 0) is 0 Å². The van der Waals surface area contributed by atoms with E-state index in [0.717, 1.165) is 22.2 Å². The molecule has 3 rings (SSSR count). The molecular weight excluding hydrogens is 236 g/mol. The van der Waals surface area contributed by atoms with E-state index >= 15 is 0 Å². The second-order valence-electron chi connectivity index (χ2n) is 4.57. The average molecular weight is 250 g/mol. The minimum absolute atomic E-state index is 0.0857. The molecule has 0 atom stereocenters. The van der Waals surface area contributed by atoms with E-state index in [2.05, 4.69) is 10.3 Å². The van der Waals surface area contributed by atoms with Crippen molar-refractivity contribution < 1.29 is 4.79 Å². The summed E-state index contributed by atoms with van der Waals surface area (Å²) in [4.78, 5) is 15.3. The highest BCUT2D eigenvalue weighted by Crippen LogP contribution is 2.22. The molecule has 0 saturated carbocycles. The van der Waals surface area contributed by atoms with Crippen molar-refractivity contribution in [1.29, 1.82) is 0 Å². The van der Waals surface area contributed by atoms with Gasteiger partial charge in [-0.15, -0.1) is 0 Å². The Labute approximate surface area is 111 Å². The monoisotopic (exact) mass is 250 g/mol. The van der Waals surface area contributed by atoms with Gasteiger partial charge in [0.15, 0.2) is 0 Å². The molecule has 0 fully saturated rings. The predicted octanol–water partition coefficient (Wildman–Crippen LogP) is 3.73. The lowest BCUT2D eigenvalue weighted by Gasteiger charge is -2.07. The van der Waals surface area contributed by atoms with Crippen LogP contribution in [0.2, 0.25) is 0 Å². The fraction of sp³-hybridized carbons (Fsp3) is 0.0625. The van der Waals surface area contributed by atoms with Crippen LogP contribution in [0.1, 0.15) is 15.9 Å². The van der Waals surface area contributed by atoms with Crippen LogP contribution in [0.25, 0.3) is 10.9 Å². The van der Waals surface area contributed by atoms with Crippen LogP contribution in [0.3, 0.4) is 0 Å². The van der Waals surface area contributed by atoms with Crippen molar-refractivity contribution in [2.75, 3.05) is 5.32 Å². The third kappa shape index (κ3) is 2.22. The number of aromatic amines is 1. The largest absolute Gasteiger partial charge is 0.361 e. The van der Waals surface area contributed by atoms with Gasteiger partial charge >= 0.3 is 0 Å². The maximum Gasteiger partial charge on any atom is 0.255 e.